The Bertz CT molecular complexity index is 568. The summed E-state index contributed by atoms with van der Waals surface area (Å²) in [6, 6.07) is 6.14. The molecule has 1 atom stereocenters. The summed E-state index contributed by atoms with van der Waals surface area (Å²) in [6.07, 6.45) is 0. The van der Waals surface area contributed by atoms with Crippen LogP contribution < -0.4 is 5.32 Å². The van der Waals surface area contributed by atoms with E-state index < -0.39 is 0 Å². The van der Waals surface area contributed by atoms with Gasteiger partial charge in [-0.3, -0.25) is 0 Å². The highest BCUT2D eigenvalue weighted by molar-refractivity contribution is 9.10. The van der Waals surface area contributed by atoms with E-state index in [1.54, 1.807) is 11.3 Å². The molecular weight excluding hydrogens is 332 g/mol. The van der Waals surface area contributed by atoms with Crippen LogP contribution in [0.25, 0.3) is 10.6 Å². The molecule has 1 N–H and O–H groups in total. The SMILES string of the molecule is CNC(C)c1sc(-c2cc(Br)ccc2Cl)nc1C. The third kappa shape index (κ3) is 2.77. The highest BCUT2D eigenvalue weighted by Crippen LogP contribution is 2.36. The number of benzene rings is 1. The van der Waals surface area contributed by atoms with Crippen LogP contribution in [0.15, 0.2) is 22.7 Å². The van der Waals surface area contributed by atoms with Crippen molar-refractivity contribution in [3.63, 3.8) is 0 Å². The van der Waals surface area contributed by atoms with Gasteiger partial charge < -0.3 is 5.32 Å². The lowest BCUT2D eigenvalue weighted by Crippen LogP contribution is -2.11. The molecular formula is C13H14BrClN2S. The number of rotatable bonds is 3. The number of aryl methyl sites for hydroxylation is 1. The Hall–Kier alpha value is -0.420. The first-order chi connectivity index (χ1) is 8.52. The first-order valence-corrected chi connectivity index (χ1v) is 7.61. The van der Waals surface area contributed by atoms with Gasteiger partial charge in [-0.15, -0.1) is 11.3 Å². The summed E-state index contributed by atoms with van der Waals surface area (Å²) in [5.74, 6) is 0. The Morgan fingerprint density at radius 2 is 2.17 bits per heavy atom. The van der Waals surface area contributed by atoms with Gasteiger partial charge in [0.05, 0.1) is 10.7 Å². The molecule has 5 heteroatoms. The molecule has 2 nitrogen and oxygen atoms in total. The van der Waals surface area contributed by atoms with E-state index in [0.29, 0.717) is 6.04 Å². The Morgan fingerprint density at radius 1 is 1.44 bits per heavy atom. The molecule has 18 heavy (non-hydrogen) atoms. The van der Waals surface area contributed by atoms with Crippen LogP contribution in [0.2, 0.25) is 5.02 Å². The van der Waals surface area contributed by atoms with Crippen molar-refractivity contribution in [1.29, 1.82) is 0 Å². The average molecular weight is 346 g/mol. The molecule has 0 spiro atoms. The van der Waals surface area contributed by atoms with Crippen LogP contribution in [0.5, 0.6) is 0 Å². The van der Waals surface area contributed by atoms with Gasteiger partial charge in [0.2, 0.25) is 0 Å². The van der Waals surface area contributed by atoms with E-state index in [2.05, 4.69) is 33.2 Å². The molecule has 2 rings (SSSR count). The fourth-order valence-electron chi connectivity index (χ4n) is 1.72. The maximum Gasteiger partial charge on any atom is 0.125 e. The molecule has 1 heterocycles. The summed E-state index contributed by atoms with van der Waals surface area (Å²) in [5, 5.41) is 4.94. The van der Waals surface area contributed by atoms with Crippen molar-refractivity contribution in [3.8, 4) is 10.6 Å². The van der Waals surface area contributed by atoms with E-state index in [9.17, 15) is 0 Å². The second-order valence-electron chi connectivity index (χ2n) is 4.10. The van der Waals surface area contributed by atoms with Crippen LogP contribution in [0.4, 0.5) is 0 Å². The van der Waals surface area contributed by atoms with Crippen molar-refractivity contribution in [2.24, 2.45) is 0 Å². The summed E-state index contributed by atoms with van der Waals surface area (Å²) < 4.78 is 1.01. The first kappa shape index (κ1) is 14.0. The maximum absolute atomic E-state index is 6.24. The molecule has 1 aromatic heterocycles. The fourth-order valence-corrected chi connectivity index (χ4v) is 3.50. The lowest BCUT2D eigenvalue weighted by atomic mass is 10.2. The lowest BCUT2D eigenvalue weighted by Gasteiger charge is -2.07. The van der Waals surface area contributed by atoms with Crippen LogP contribution in [-0.2, 0) is 0 Å². The van der Waals surface area contributed by atoms with Crippen molar-refractivity contribution in [2.75, 3.05) is 7.05 Å². The smallest absolute Gasteiger partial charge is 0.125 e. The monoisotopic (exact) mass is 344 g/mol. The van der Waals surface area contributed by atoms with E-state index in [4.69, 9.17) is 11.6 Å². The predicted molar refractivity (Wildman–Crippen MR) is 82.5 cm³/mol. The van der Waals surface area contributed by atoms with Gasteiger partial charge in [-0.05, 0) is 39.1 Å². The van der Waals surface area contributed by atoms with Crippen LogP contribution >= 0.6 is 38.9 Å². The lowest BCUT2D eigenvalue weighted by molar-refractivity contribution is 0.658. The molecule has 0 amide bonds. The molecule has 0 aliphatic heterocycles. The van der Waals surface area contributed by atoms with Gasteiger partial charge in [0.25, 0.3) is 0 Å². The number of halogens is 2. The standard InChI is InChI=1S/C13H14BrClN2S/c1-7(16-3)12-8(2)17-13(18-12)10-6-9(14)4-5-11(10)15/h4-7,16H,1-3H3. The Kier molecular flexibility index (Phi) is 4.43. The summed E-state index contributed by atoms with van der Waals surface area (Å²) in [5.41, 5.74) is 2.04. The normalized spacial score (nSPS) is 12.7. The maximum atomic E-state index is 6.24. The molecule has 1 aromatic carbocycles. The molecule has 96 valence electrons. The van der Waals surface area contributed by atoms with Crippen molar-refractivity contribution in [1.82, 2.24) is 10.3 Å². The first-order valence-electron chi connectivity index (χ1n) is 5.63. The van der Waals surface area contributed by atoms with Gasteiger partial charge in [0, 0.05) is 21.0 Å². The molecule has 0 aliphatic carbocycles. The van der Waals surface area contributed by atoms with E-state index in [1.807, 2.05) is 32.2 Å². The molecule has 0 saturated carbocycles. The van der Waals surface area contributed by atoms with E-state index >= 15 is 0 Å². The number of aromatic nitrogens is 1. The van der Waals surface area contributed by atoms with Gasteiger partial charge in [-0.25, -0.2) is 4.98 Å². The summed E-state index contributed by atoms with van der Waals surface area (Å²) >= 11 is 11.4. The van der Waals surface area contributed by atoms with Gasteiger partial charge >= 0.3 is 0 Å². The largest absolute Gasteiger partial charge is 0.312 e. The zero-order valence-corrected chi connectivity index (χ0v) is 13.6. The summed E-state index contributed by atoms with van der Waals surface area (Å²) in [4.78, 5) is 5.88. The van der Waals surface area contributed by atoms with Gasteiger partial charge in [-0.2, -0.15) is 0 Å². The van der Waals surface area contributed by atoms with Crippen LogP contribution in [-0.4, -0.2) is 12.0 Å². The Morgan fingerprint density at radius 3 is 2.83 bits per heavy atom. The Balaban J connectivity index is 2.49. The van der Waals surface area contributed by atoms with Gasteiger partial charge in [-0.1, -0.05) is 27.5 Å². The topological polar surface area (TPSA) is 24.9 Å². The number of hydrogen-bond donors (Lipinski definition) is 1. The average Bonchev–Trinajstić information content (AvgIpc) is 2.73. The number of hydrogen-bond acceptors (Lipinski definition) is 3. The molecule has 0 radical (unpaired) electrons. The minimum Gasteiger partial charge on any atom is -0.312 e. The van der Waals surface area contributed by atoms with E-state index in [0.717, 1.165) is 25.8 Å². The third-order valence-corrected chi connectivity index (χ3v) is 5.01. The van der Waals surface area contributed by atoms with Crippen LogP contribution in [0.1, 0.15) is 23.5 Å². The number of nitrogens with zero attached hydrogens (tertiary/aromatic N) is 1. The molecule has 0 bridgehead atoms. The highest BCUT2D eigenvalue weighted by atomic mass is 79.9. The van der Waals surface area contributed by atoms with E-state index in [1.165, 1.54) is 4.88 Å². The predicted octanol–water partition coefficient (Wildman–Crippen LogP) is 4.81. The zero-order chi connectivity index (χ0) is 13.3. The molecule has 0 saturated heterocycles. The quantitative estimate of drug-likeness (QED) is 0.863. The van der Waals surface area contributed by atoms with Gasteiger partial charge in [0.15, 0.2) is 0 Å². The van der Waals surface area contributed by atoms with Crippen LogP contribution in [0.3, 0.4) is 0 Å². The van der Waals surface area contributed by atoms with Crippen molar-refractivity contribution < 1.29 is 0 Å². The molecule has 0 fully saturated rings. The van der Waals surface area contributed by atoms with Gasteiger partial charge in [0.1, 0.15) is 5.01 Å². The number of nitrogens with one attached hydrogen (secondary N) is 1. The van der Waals surface area contributed by atoms with E-state index in [-0.39, 0.29) is 0 Å². The highest BCUT2D eigenvalue weighted by Gasteiger charge is 2.15. The summed E-state index contributed by atoms with van der Waals surface area (Å²) in [6.45, 7) is 4.17. The Labute approximate surface area is 125 Å². The second-order valence-corrected chi connectivity index (χ2v) is 6.46. The zero-order valence-electron chi connectivity index (χ0n) is 10.4. The fraction of sp³-hybridized carbons (Fsp3) is 0.308. The molecule has 2 aromatic rings. The third-order valence-electron chi connectivity index (χ3n) is 2.82. The van der Waals surface area contributed by atoms with Crippen molar-refractivity contribution in [2.45, 2.75) is 19.9 Å². The summed E-state index contributed by atoms with van der Waals surface area (Å²) in [7, 11) is 1.95. The van der Waals surface area contributed by atoms with Crippen LogP contribution in [0, 0.1) is 6.92 Å². The molecule has 0 aliphatic rings. The minimum atomic E-state index is 0.308. The van der Waals surface area contributed by atoms with Crippen molar-refractivity contribution in [3.05, 3.63) is 38.3 Å². The minimum absolute atomic E-state index is 0.308. The second kappa shape index (κ2) is 5.70. The number of thiazole rings is 1. The van der Waals surface area contributed by atoms with Crippen molar-refractivity contribution >= 4 is 38.9 Å². The molecule has 1 unspecified atom stereocenters.